The molecule has 21 heavy (non-hydrogen) atoms. The third kappa shape index (κ3) is 5.51. The first-order valence-corrected chi connectivity index (χ1v) is 8.70. The molecule has 4 heteroatoms. The van der Waals surface area contributed by atoms with Crippen molar-refractivity contribution in [2.24, 2.45) is 0 Å². The maximum absolute atomic E-state index is 6.24. The molecule has 2 heterocycles. The van der Waals surface area contributed by atoms with Gasteiger partial charge in [-0.15, -0.1) is 0 Å². The predicted octanol–water partition coefficient (Wildman–Crippen LogP) is 1.95. The molecule has 0 spiro atoms. The first-order valence-electron chi connectivity index (χ1n) is 8.70. The fourth-order valence-corrected chi connectivity index (χ4v) is 3.39. The number of likely N-dealkylation sites (N-methyl/N-ethyl adjacent to an activating group) is 1. The van der Waals surface area contributed by atoms with Gasteiger partial charge in [0.05, 0.1) is 12.2 Å². The zero-order chi connectivity index (χ0) is 15.5. The molecule has 2 saturated heterocycles. The number of hydrogen-bond acceptors (Lipinski definition) is 4. The fraction of sp³-hybridized carbons (Fsp3) is 1.00. The standard InChI is InChI=1S/C17H35N3O/c1-6-14-12-20(10-9-19(14)5)13-16-8-7-15(21-16)11-18-17(2,3)4/h14-16,18H,6-13H2,1-5H3. The largest absolute Gasteiger partial charge is 0.372 e. The van der Waals surface area contributed by atoms with Crippen LogP contribution in [0.15, 0.2) is 0 Å². The molecule has 2 rings (SSSR count). The van der Waals surface area contributed by atoms with Crippen LogP contribution >= 0.6 is 0 Å². The molecule has 0 aromatic heterocycles. The molecule has 1 N–H and O–H groups in total. The molecule has 2 aliphatic rings. The first kappa shape index (κ1) is 17.2. The van der Waals surface area contributed by atoms with E-state index in [2.05, 4.69) is 49.9 Å². The van der Waals surface area contributed by atoms with E-state index in [-0.39, 0.29) is 5.54 Å². The Morgan fingerprint density at radius 1 is 1.14 bits per heavy atom. The van der Waals surface area contributed by atoms with Crippen LogP contribution in [0, 0.1) is 0 Å². The van der Waals surface area contributed by atoms with Gasteiger partial charge in [0, 0.05) is 44.3 Å². The van der Waals surface area contributed by atoms with Crippen molar-refractivity contribution in [3.63, 3.8) is 0 Å². The number of rotatable bonds is 5. The van der Waals surface area contributed by atoms with Crippen molar-refractivity contribution in [2.45, 2.75) is 70.7 Å². The lowest BCUT2D eigenvalue weighted by molar-refractivity contribution is 0.00317. The van der Waals surface area contributed by atoms with Crippen LogP contribution in [-0.2, 0) is 4.74 Å². The molecule has 2 aliphatic heterocycles. The number of nitrogens with zero attached hydrogens (tertiary/aromatic N) is 2. The third-order valence-electron chi connectivity index (χ3n) is 4.85. The van der Waals surface area contributed by atoms with Gasteiger partial charge in [0.15, 0.2) is 0 Å². The molecular formula is C17H35N3O. The van der Waals surface area contributed by atoms with Gasteiger partial charge in [0.2, 0.25) is 0 Å². The number of ether oxygens (including phenoxy) is 1. The van der Waals surface area contributed by atoms with Gasteiger partial charge < -0.3 is 15.0 Å². The third-order valence-corrected chi connectivity index (χ3v) is 4.85. The normalized spacial score (nSPS) is 32.7. The van der Waals surface area contributed by atoms with Crippen molar-refractivity contribution in [1.82, 2.24) is 15.1 Å². The lowest BCUT2D eigenvalue weighted by Crippen LogP contribution is -2.52. The summed E-state index contributed by atoms with van der Waals surface area (Å²) in [5.74, 6) is 0. The molecule has 0 aliphatic carbocycles. The Bertz CT molecular complexity index is 316. The first-order chi connectivity index (χ1) is 9.87. The monoisotopic (exact) mass is 297 g/mol. The summed E-state index contributed by atoms with van der Waals surface area (Å²) in [5.41, 5.74) is 0.188. The van der Waals surface area contributed by atoms with Crippen molar-refractivity contribution in [3.05, 3.63) is 0 Å². The van der Waals surface area contributed by atoms with Gasteiger partial charge in [-0.2, -0.15) is 0 Å². The minimum absolute atomic E-state index is 0.188. The van der Waals surface area contributed by atoms with Crippen LogP contribution in [0.4, 0.5) is 0 Å². The van der Waals surface area contributed by atoms with Crippen LogP contribution in [0.2, 0.25) is 0 Å². The molecule has 0 bridgehead atoms. The molecule has 0 amide bonds. The second-order valence-corrected chi connectivity index (χ2v) is 7.89. The molecule has 124 valence electrons. The molecule has 0 aromatic rings. The van der Waals surface area contributed by atoms with Crippen LogP contribution in [-0.4, -0.2) is 73.4 Å². The lowest BCUT2D eigenvalue weighted by Gasteiger charge is -2.40. The Kier molecular flexibility index (Phi) is 6.06. The summed E-state index contributed by atoms with van der Waals surface area (Å²) in [6, 6.07) is 0.721. The molecule has 3 atom stereocenters. The topological polar surface area (TPSA) is 27.7 Å². The predicted molar refractivity (Wildman–Crippen MR) is 88.8 cm³/mol. The zero-order valence-electron chi connectivity index (χ0n) is 14.7. The van der Waals surface area contributed by atoms with Crippen molar-refractivity contribution in [1.29, 1.82) is 0 Å². The maximum atomic E-state index is 6.24. The van der Waals surface area contributed by atoms with Gasteiger partial charge in [-0.25, -0.2) is 0 Å². The lowest BCUT2D eigenvalue weighted by atomic mass is 10.1. The Hall–Kier alpha value is -0.160. The molecular weight excluding hydrogens is 262 g/mol. The van der Waals surface area contributed by atoms with Gasteiger partial charge in [0.1, 0.15) is 0 Å². The molecule has 0 saturated carbocycles. The fourth-order valence-electron chi connectivity index (χ4n) is 3.39. The molecule has 4 nitrogen and oxygen atoms in total. The molecule has 0 aromatic carbocycles. The van der Waals surface area contributed by atoms with E-state index in [4.69, 9.17) is 4.74 Å². The van der Waals surface area contributed by atoms with E-state index in [0.717, 1.165) is 19.1 Å². The second kappa shape index (κ2) is 7.40. The zero-order valence-corrected chi connectivity index (χ0v) is 14.7. The van der Waals surface area contributed by atoms with Crippen LogP contribution in [0.1, 0.15) is 47.0 Å². The van der Waals surface area contributed by atoms with Gasteiger partial charge in [-0.3, -0.25) is 4.90 Å². The van der Waals surface area contributed by atoms with E-state index in [1.54, 1.807) is 0 Å². The van der Waals surface area contributed by atoms with Crippen molar-refractivity contribution in [2.75, 3.05) is 39.8 Å². The van der Waals surface area contributed by atoms with Gasteiger partial charge >= 0.3 is 0 Å². The Morgan fingerprint density at radius 3 is 2.52 bits per heavy atom. The quantitative estimate of drug-likeness (QED) is 0.839. The van der Waals surface area contributed by atoms with E-state index in [0.29, 0.717) is 12.2 Å². The van der Waals surface area contributed by atoms with Crippen molar-refractivity contribution in [3.8, 4) is 0 Å². The smallest absolute Gasteiger partial charge is 0.0707 e. The number of piperazine rings is 1. The summed E-state index contributed by atoms with van der Waals surface area (Å²) in [6.07, 6.45) is 4.52. The van der Waals surface area contributed by atoms with E-state index in [1.165, 1.54) is 38.9 Å². The average Bonchev–Trinajstić information content (AvgIpc) is 2.85. The van der Waals surface area contributed by atoms with Gasteiger partial charge in [-0.1, -0.05) is 6.92 Å². The number of hydrogen-bond donors (Lipinski definition) is 1. The van der Waals surface area contributed by atoms with E-state index >= 15 is 0 Å². The maximum Gasteiger partial charge on any atom is 0.0707 e. The van der Waals surface area contributed by atoms with Crippen LogP contribution < -0.4 is 5.32 Å². The van der Waals surface area contributed by atoms with E-state index < -0.39 is 0 Å². The summed E-state index contributed by atoms with van der Waals surface area (Å²) in [6.45, 7) is 14.6. The van der Waals surface area contributed by atoms with E-state index in [1.807, 2.05) is 0 Å². The summed E-state index contributed by atoms with van der Waals surface area (Å²) in [7, 11) is 2.26. The highest BCUT2D eigenvalue weighted by Gasteiger charge is 2.30. The summed E-state index contributed by atoms with van der Waals surface area (Å²) < 4.78 is 6.24. The minimum Gasteiger partial charge on any atom is -0.372 e. The van der Waals surface area contributed by atoms with Crippen LogP contribution in [0.3, 0.4) is 0 Å². The van der Waals surface area contributed by atoms with Crippen molar-refractivity contribution >= 4 is 0 Å². The molecule has 2 fully saturated rings. The Balaban J connectivity index is 1.70. The van der Waals surface area contributed by atoms with Gasteiger partial charge in [0.25, 0.3) is 0 Å². The average molecular weight is 297 g/mol. The molecule has 3 unspecified atom stereocenters. The second-order valence-electron chi connectivity index (χ2n) is 7.89. The van der Waals surface area contributed by atoms with E-state index in [9.17, 15) is 0 Å². The Labute approximate surface area is 131 Å². The van der Waals surface area contributed by atoms with Gasteiger partial charge in [-0.05, 0) is 47.1 Å². The Morgan fingerprint density at radius 2 is 1.86 bits per heavy atom. The summed E-state index contributed by atoms with van der Waals surface area (Å²) >= 11 is 0. The van der Waals surface area contributed by atoms with Crippen LogP contribution in [0.5, 0.6) is 0 Å². The highest BCUT2D eigenvalue weighted by Crippen LogP contribution is 2.22. The number of nitrogens with one attached hydrogen (secondary N) is 1. The summed E-state index contributed by atoms with van der Waals surface area (Å²) in [4.78, 5) is 5.11. The summed E-state index contributed by atoms with van der Waals surface area (Å²) in [5, 5.41) is 3.56. The SMILES string of the molecule is CCC1CN(CC2CCC(CNC(C)(C)C)O2)CCN1C. The highest BCUT2D eigenvalue weighted by atomic mass is 16.5. The van der Waals surface area contributed by atoms with Crippen LogP contribution in [0.25, 0.3) is 0 Å². The highest BCUT2D eigenvalue weighted by molar-refractivity contribution is 4.84. The van der Waals surface area contributed by atoms with Crippen molar-refractivity contribution < 1.29 is 4.74 Å². The minimum atomic E-state index is 0.188. The molecule has 0 radical (unpaired) electrons.